The van der Waals surface area contributed by atoms with E-state index in [-0.39, 0.29) is 0 Å². The van der Waals surface area contributed by atoms with Gasteiger partial charge in [-0.15, -0.1) is 0 Å². The third kappa shape index (κ3) is 3.70. The normalized spacial score (nSPS) is 18.1. The van der Waals surface area contributed by atoms with E-state index in [9.17, 15) is 0 Å². The molecular weight excluding hydrogens is 174 g/mol. The summed E-state index contributed by atoms with van der Waals surface area (Å²) in [5, 5.41) is 3.55. The maximum Gasteiger partial charge on any atom is 0.109 e. The van der Waals surface area contributed by atoms with Gasteiger partial charge in [-0.05, 0) is 31.4 Å². The van der Waals surface area contributed by atoms with Gasteiger partial charge in [0.05, 0.1) is 12.6 Å². The molecule has 0 fully saturated rings. The average Bonchev–Trinajstić information content (AvgIpc) is 2.64. The minimum absolute atomic E-state index is 0.442. The van der Waals surface area contributed by atoms with Crippen LogP contribution >= 0.6 is 0 Å². The predicted octanol–water partition coefficient (Wildman–Crippen LogP) is 2.70. The van der Waals surface area contributed by atoms with Crippen molar-refractivity contribution < 1.29 is 4.74 Å². The lowest BCUT2D eigenvalue weighted by Crippen LogP contribution is -2.33. The van der Waals surface area contributed by atoms with E-state index in [4.69, 9.17) is 4.74 Å². The van der Waals surface area contributed by atoms with Crippen LogP contribution in [0.15, 0.2) is 11.8 Å². The van der Waals surface area contributed by atoms with Crippen molar-refractivity contribution in [2.75, 3.05) is 13.2 Å². The van der Waals surface area contributed by atoms with Crippen molar-refractivity contribution in [1.29, 1.82) is 0 Å². The molecule has 82 valence electrons. The van der Waals surface area contributed by atoms with Crippen molar-refractivity contribution in [1.82, 2.24) is 5.32 Å². The zero-order valence-corrected chi connectivity index (χ0v) is 9.68. The van der Waals surface area contributed by atoms with Gasteiger partial charge in [-0.25, -0.2) is 0 Å². The molecular formula is C12H23NO. The summed E-state index contributed by atoms with van der Waals surface area (Å²) in [4.78, 5) is 0. The molecule has 0 aromatic carbocycles. The van der Waals surface area contributed by atoms with Crippen LogP contribution in [0.1, 0.15) is 40.0 Å². The summed E-state index contributed by atoms with van der Waals surface area (Å²) >= 11 is 0. The molecule has 0 spiro atoms. The fraction of sp³-hybridized carbons (Fsp3) is 0.833. The first-order valence-electron chi connectivity index (χ1n) is 5.80. The topological polar surface area (TPSA) is 21.3 Å². The van der Waals surface area contributed by atoms with Crippen LogP contribution < -0.4 is 5.32 Å². The highest BCUT2D eigenvalue weighted by atomic mass is 16.5. The molecule has 2 nitrogen and oxygen atoms in total. The maximum absolute atomic E-state index is 5.61. The zero-order valence-electron chi connectivity index (χ0n) is 9.68. The van der Waals surface area contributed by atoms with E-state index >= 15 is 0 Å². The lowest BCUT2D eigenvalue weighted by atomic mass is 10.0. The molecule has 0 aliphatic carbocycles. The molecule has 1 unspecified atom stereocenters. The Labute approximate surface area is 87.7 Å². The minimum atomic E-state index is 0.442. The minimum Gasteiger partial charge on any atom is -0.496 e. The fourth-order valence-corrected chi connectivity index (χ4v) is 1.77. The molecule has 0 amide bonds. The largest absolute Gasteiger partial charge is 0.496 e. The lowest BCUT2D eigenvalue weighted by Gasteiger charge is -2.21. The van der Waals surface area contributed by atoms with Crippen molar-refractivity contribution in [2.24, 2.45) is 5.92 Å². The van der Waals surface area contributed by atoms with Crippen LogP contribution in [0, 0.1) is 5.92 Å². The van der Waals surface area contributed by atoms with E-state index in [1.807, 2.05) is 0 Å². The van der Waals surface area contributed by atoms with Crippen LogP contribution in [0.3, 0.4) is 0 Å². The van der Waals surface area contributed by atoms with Crippen LogP contribution in [0.4, 0.5) is 0 Å². The summed E-state index contributed by atoms with van der Waals surface area (Å²) in [6, 6.07) is 0.442. The Balaban J connectivity index is 2.42. The Bertz CT molecular complexity index is 187. The van der Waals surface area contributed by atoms with Crippen LogP contribution in [0.5, 0.6) is 0 Å². The molecule has 1 aliphatic heterocycles. The van der Waals surface area contributed by atoms with Crippen molar-refractivity contribution in [2.45, 2.75) is 46.1 Å². The summed E-state index contributed by atoms with van der Waals surface area (Å²) < 4.78 is 5.61. The summed E-state index contributed by atoms with van der Waals surface area (Å²) in [5.41, 5.74) is 0. The molecule has 1 aliphatic rings. The predicted molar refractivity (Wildman–Crippen MR) is 60.2 cm³/mol. The second-order valence-electron chi connectivity index (χ2n) is 4.38. The third-order valence-corrected chi connectivity index (χ3v) is 2.42. The van der Waals surface area contributed by atoms with Crippen LogP contribution in [0.2, 0.25) is 0 Å². The first kappa shape index (κ1) is 11.6. The van der Waals surface area contributed by atoms with Crippen molar-refractivity contribution in [3.63, 3.8) is 0 Å². The van der Waals surface area contributed by atoms with Crippen LogP contribution in [-0.2, 0) is 4.74 Å². The smallest absolute Gasteiger partial charge is 0.109 e. The number of nitrogens with one attached hydrogen (secondary N) is 1. The Morgan fingerprint density at radius 1 is 1.50 bits per heavy atom. The van der Waals surface area contributed by atoms with E-state index in [1.54, 1.807) is 0 Å². The standard InChI is InChI=1S/C12H23NO/c1-4-7-13-11(9-10(2)3)12-6-5-8-14-12/h6,10-11,13H,4-5,7-9H2,1-3H3. The molecule has 0 bridgehead atoms. The monoisotopic (exact) mass is 197 g/mol. The third-order valence-electron chi connectivity index (χ3n) is 2.42. The van der Waals surface area contributed by atoms with E-state index in [0.29, 0.717) is 6.04 Å². The number of hydrogen-bond acceptors (Lipinski definition) is 2. The maximum atomic E-state index is 5.61. The summed E-state index contributed by atoms with van der Waals surface area (Å²) in [5.74, 6) is 1.89. The van der Waals surface area contributed by atoms with Crippen molar-refractivity contribution >= 4 is 0 Å². The number of hydrogen-bond donors (Lipinski definition) is 1. The Hall–Kier alpha value is -0.500. The second kappa shape index (κ2) is 6.07. The average molecular weight is 197 g/mol. The second-order valence-corrected chi connectivity index (χ2v) is 4.38. The van der Waals surface area contributed by atoms with Gasteiger partial charge in [0.25, 0.3) is 0 Å². The van der Waals surface area contributed by atoms with Crippen LogP contribution in [-0.4, -0.2) is 19.2 Å². The highest BCUT2D eigenvalue weighted by Crippen LogP contribution is 2.19. The molecule has 14 heavy (non-hydrogen) atoms. The summed E-state index contributed by atoms with van der Waals surface area (Å²) in [7, 11) is 0. The van der Waals surface area contributed by atoms with Crippen LogP contribution in [0.25, 0.3) is 0 Å². The molecule has 1 rings (SSSR count). The molecule has 0 radical (unpaired) electrons. The molecule has 1 atom stereocenters. The van der Waals surface area contributed by atoms with Crippen molar-refractivity contribution in [3.05, 3.63) is 11.8 Å². The Morgan fingerprint density at radius 2 is 2.29 bits per heavy atom. The zero-order chi connectivity index (χ0) is 10.4. The van der Waals surface area contributed by atoms with E-state index < -0.39 is 0 Å². The highest BCUT2D eigenvalue weighted by Gasteiger charge is 2.18. The van der Waals surface area contributed by atoms with Gasteiger partial charge in [0.2, 0.25) is 0 Å². The SMILES string of the molecule is CCCNC(CC(C)C)C1=CCCO1. The van der Waals surface area contributed by atoms with Gasteiger partial charge < -0.3 is 10.1 Å². The van der Waals surface area contributed by atoms with Gasteiger partial charge in [0.15, 0.2) is 0 Å². The van der Waals surface area contributed by atoms with E-state index in [2.05, 4.69) is 32.2 Å². The van der Waals surface area contributed by atoms with Gasteiger partial charge >= 0.3 is 0 Å². The molecule has 2 heteroatoms. The molecule has 0 saturated heterocycles. The molecule has 0 aromatic rings. The summed E-state index contributed by atoms with van der Waals surface area (Å²) in [6.45, 7) is 8.67. The van der Waals surface area contributed by atoms with Gasteiger partial charge in [-0.1, -0.05) is 20.8 Å². The molecule has 1 heterocycles. The molecule has 1 N–H and O–H groups in total. The first-order chi connectivity index (χ1) is 6.74. The molecule has 0 saturated carbocycles. The lowest BCUT2D eigenvalue weighted by molar-refractivity contribution is 0.206. The summed E-state index contributed by atoms with van der Waals surface area (Å²) in [6.07, 6.45) is 5.67. The highest BCUT2D eigenvalue weighted by molar-refractivity contribution is 5.07. The Morgan fingerprint density at radius 3 is 2.79 bits per heavy atom. The van der Waals surface area contributed by atoms with E-state index in [1.165, 1.54) is 18.6 Å². The van der Waals surface area contributed by atoms with Crippen molar-refractivity contribution in [3.8, 4) is 0 Å². The van der Waals surface area contributed by atoms with Gasteiger partial charge in [0, 0.05) is 6.42 Å². The Kier molecular flexibility index (Phi) is 5.02. The van der Waals surface area contributed by atoms with Gasteiger partial charge in [-0.3, -0.25) is 0 Å². The number of rotatable bonds is 6. The quantitative estimate of drug-likeness (QED) is 0.707. The van der Waals surface area contributed by atoms with E-state index in [0.717, 1.165) is 25.5 Å². The van der Waals surface area contributed by atoms with Gasteiger partial charge in [0.1, 0.15) is 5.76 Å². The number of ether oxygens (including phenoxy) is 1. The fourth-order valence-electron chi connectivity index (χ4n) is 1.77. The first-order valence-corrected chi connectivity index (χ1v) is 5.80. The molecule has 0 aromatic heterocycles. The van der Waals surface area contributed by atoms with Gasteiger partial charge in [-0.2, -0.15) is 0 Å².